The summed E-state index contributed by atoms with van der Waals surface area (Å²) in [4.78, 5) is 25.0. The number of ether oxygens (including phenoxy) is 2. The number of benzene rings is 1. The average molecular weight is 361 g/mol. The van der Waals surface area contributed by atoms with E-state index in [1.807, 2.05) is 50.4 Å². The Balaban J connectivity index is 1.79. The van der Waals surface area contributed by atoms with Gasteiger partial charge in [-0.1, -0.05) is 37.6 Å². The van der Waals surface area contributed by atoms with Gasteiger partial charge in [0.25, 0.3) is 5.91 Å². The van der Waals surface area contributed by atoms with Gasteiger partial charge in [0.2, 0.25) is 0 Å². The van der Waals surface area contributed by atoms with Crippen molar-refractivity contribution in [2.75, 3.05) is 13.2 Å². The largest absolute Gasteiger partial charge is 0.490 e. The molecule has 0 aliphatic heterocycles. The number of carbonyl (C=O) groups is 2. The van der Waals surface area contributed by atoms with E-state index in [4.69, 9.17) is 9.47 Å². The highest BCUT2D eigenvalue weighted by molar-refractivity contribution is 7.12. The first-order valence-electron chi connectivity index (χ1n) is 8.18. The molecular weight excluding hydrogens is 338 g/mol. The summed E-state index contributed by atoms with van der Waals surface area (Å²) >= 11 is 1.33. The summed E-state index contributed by atoms with van der Waals surface area (Å²) in [6.07, 6.45) is 0. The Hall–Kier alpha value is -2.34. The SMILES string of the molecule is Cc1ccc(OCCOC(=O)[C@H](NC(=O)c2cccs2)C(C)C)cc1. The van der Waals surface area contributed by atoms with Crippen molar-refractivity contribution >= 4 is 23.2 Å². The fourth-order valence-electron chi connectivity index (χ4n) is 2.14. The summed E-state index contributed by atoms with van der Waals surface area (Å²) in [5.74, 6) is -0.0588. The predicted molar refractivity (Wildman–Crippen MR) is 98.0 cm³/mol. The van der Waals surface area contributed by atoms with E-state index in [9.17, 15) is 9.59 Å². The highest BCUT2D eigenvalue weighted by Gasteiger charge is 2.26. The van der Waals surface area contributed by atoms with Crippen molar-refractivity contribution in [3.05, 3.63) is 52.2 Å². The molecule has 2 rings (SSSR count). The number of rotatable bonds is 8. The van der Waals surface area contributed by atoms with Crippen LogP contribution in [0.5, 0.6) is 5.75 Å². The third kappa shape index (κ3) is 5.90. The summed E-state index contributed by atoms with van der Waals surface area (Å²) in [7, 11) is 0. The summed E-state index contributed by atoms with van der Waals surface area (Å²) in [6.45, 7) is 6.12. The van der Waals surface area contributed by atoms with E-state index in [0.29, 0.717) is 4.88 Å². The number of esters is 1. The molecule has 1 aromatic heterocycles. The van der Waals surface area contributed by atoms with Gasteiger partial charge in [-0.05, 0) is 36.4 Å². The molecule has 25 heavy (non-hydrogen) atoms. The molecule has 1 N–H and O–H groups in total. The van der Waals surface area contributed by atoms with Gasteiger partial charge >= 0.3 is 5.97 Å². The highest BCUT2D eigenvalue weighted by atomic mass is 32.1. The standard InChI is InChI=1S/C19H23NO4S/c1-13(2)17(20-18(21)16-5-4-12-25-16)19(22)24-11-10-23-15-8-6-14(3)7-9-15/h4-9,12-13,17H,10-11H2,1-3H3,(H,20,21)/t17-/m1/s1. The fraction of sp³-hybridized carbons (Fsp3) is 0.368. The zero-order valence-corrected chi connectivity index (χ0v) is 15.5. The Morgan fingerprint density at radius 1 is 1.12 bits per heavy atom. The van der Waals surface area contributed by atoms with E-state index in [0.717, 1.165) is 11.3 Å². The number of hydrogen-bond acceptors (Lipinski definition) is 5. The smallest absolute Gasteiger partial charge is 0.329 e. The highest BCUT2D eigenvalue weighted by Crippen LogP contribution is 2.12. The zero-order chi connectivity index (χ0) is 18.2. The molecule has 0 radical (unpaired) electrons. The van der Waals surface area contributed by atoms with E-state index in [1.54, 1.807) is 12.1 Å². The molecule has 2 aromatic rings. The normalized spacial score (nSPS) is 11.8. The lowest BCUT2D eigenvalue weighted by molar-refractivity contribution is -0.147. The Labute approximate surface area is 152 Å². The lowest BCUT2D eigenvalue weighted by Gasteiger charge is -2.20. The summed E-state index contributed by atoms with van der Waals surface area (Å²) in [5, 5.41) is 4.56. The first kappa shape index (κ1) is 19.0. The van der Waals surface area contributed by atoms with E-state index in [1.165, 1.54) is 11.3 Å². The number of amides is 1. The average Bonchev–Trinajstić information content (AvgIpc) is 3.12. The number of aryl methyl sites for hydroxylation is 1. The van der Waals surface area contributed by atoms with E-state index in [2.05, 4.69) is 5.32 Å². The molecule has 0 saturated heterocycles. The van der Waals surface area contributed by atoms with Gasteiger partial charge in [-0.2, -0.15) is 0 Å². The minimum absolute atomic E-state index is 0.0746. The molecule has 6 heteroatoms. The predicted octanol–water partition coefficient (Wildman–Crippen LogP) is 3.43. The quantitative estimate of drug-likeness (QED) is 0.578. The van der Waals surface area contributed by atoms with Crippen LogP contribution in [0.4, 0.5) is 0 Å². The van der Waals surface area contributed by atoms with Gasteiger partial charge in [0.15, 0.2) is 0 Å². The minimum atomic E-state index is -0.686. The van der Waals surface area contributed by atoms with Crippen LogP contribution in [0.15, 0.2) is 41.8 Å². The first-order valence-corrected chi connectivity index (χ1v) is 9.06. The molecule has 0 fully saturated rings. The summed E-state index contributed by atoms with van der Waals surface area (Å²) in [5.41, 5.74) is 1.15. The van der Waals surface area contributed by atoms with Crippen molar-refractivity contribution < 1.29 is 19.1 Å². The Kier molecular flexibility index (Phi) is 7.01. The maximum Gasteiger partial charge on any atom is 0.329 e. The third-order valence-corrected chi connectivity index (χ3v) is 4.44. The maximum absolute atomic E-state index is 12.3. The summed E-state index contributed by atoms with van der Waals surface area (Å²) < 4.78 is 10.8. The Bertz CT molecular complexity index is 680. The molecule has 0 aliphatic rings. The van der Waals surface area contributed by atoms with Gasteiger partial charge in [-0.3, -0.25) is 4.79 Å². The van der Waals surface area contributed by atoms with Crippen LogP contribution in [0.2, 0.25) is 0 Å². The van der Waals surface area contributed by atoms with Gasteiger partial charge in [0.1, 0.15) is 25.0 Å². The molecule has 1 aromatic carbocycles. The lowest BCUT2D eigenvalue weighted by Crippen LogP contribution is -2.45. The van der Waals surface area contributed by atoms with Crippen LogP contribution in [-0.2, 0) is 9.53 Å². The fourth-order valence-corrected chi connectivity index (χ4v) is 2.77. The molecule has 0 bridgehead atoms. The minimum Gasteiger partial charge on any atom is -0.490 e. The van der Waals surface area contributed by atoms with Crippen LogP contribution in [-0.4, -0.2) is 31.1 Å². The van der Waals surface area contributed by atoms with Gasteiger partial charge < -0.3 is 14.8 Å². The van der Waals surface area contributed by atoms with E-state index < -0.39 is 12.0 Å². The van der Waals surface area contributed by atoms with Gasteiger partial charge in [-0.25, -0.2) is 4.79 Å². The van der Waals surface area contributed by atoms with Crippen molar-refractivity contribution in [2.24, 2.45) is 5.92 Å². The second kappa shape index (κ2) is 9.22. The van der Waals surface area contributed by atoms with Crippen molar-refractivity contribution in [3.8, 4) is 5.75 Å². The number of thiophene rings is 1. The molecule has 5 nitrogen and oxygen atoms in total. The lowest BCUT2D eigenvalue weighted by atomic mass is 10.0. The topological polar surface area (TPSA) is 64.6 Å². The number of hydrogen-bond donors (Lipinski definition) is 1. The van der Waals surface area contributed by atoms with Crippen molar-refractivity contribution in [1.29, 1.82) is 0 Å². The molecule has 0 aliphatic carbocycles. The van der Waals surface area contributed by atoms with Crippen LogP contribution < -0.4 is 10.1 Å². The van der Waals surface area contributed by atoms with E-state index >= 15 is 0 Å². The molecule has 1 atom stereocenters. The Morgan fingerprint density at radius 2 is 1.84 bits per heavy atom. The first-order chi connectivity index (χ1) is 12.0. The third-order valence-electron chi connectivity index (χ3n) is 3.57. The second-order valence-corrected chi connectivity index (χ2v) is 6.95. The van der Waals surface area contributed by atoms with Crippen LogP contribution in [0.1, 0.15) is 29.1 Å². The van der Waals surface area contributed by atoms with Crippen LogP contribution in [0.25, 0.3) is 0 Å². The molecule has 134 valence electrons. The van der Waals surface area contributed by atoms with Crippen LogP contribution in [0, 0.1) is 12.8 Å². The number of nitrogens with one attached hydrogen (secondary N) is 1. The van der Waals surface area contributed by atoms with Crippen molar-refractivity contribution in [3.63, 3.8) is 0 Å². The van der Waals surface area contributed by atoms with Crippen molar-refractivity contribution in [2.45, 2.75) is 26.8 Å². The second-order valence-electron chi connectivity index (χ2n) is 6.00. The summed E-state index contributed by atoms with van der Waals surface area (Å²) in [6, 6.07) is 10.5. The molecule has 0 unspecified atom stereocenters. The van der Waals surface area contributed by atoms with Gasteiger partial charge in [0.05, 0.1) is 4.88 Å². The van der Waals surface area contributed by atoms with Gasteiger partial charge in [-0.15, -0.1) is 11.3 Å². The molecule has 1 heterocycles. The van der Waals surface area contributed by atoms with Crippen molar-refractivity contribution in [1.82, 2.24) is 5.32 Å². The Morgan fingerprint density at radius 3 is 2.44 bits per heavy atom. The zero-order valence-electron chi connectivity index (χ0n) is 14.7. The van der Waals surface area contributed by atoms with Crippen LogP contribution in [0.3, 0.4) is 0 Å². The van der Waals surface area contributed by atoms with Gasteiger partial charge in [0, 0.05) is 0 Å². The molecule has 0 saturated carbocycles. The maximum atomic E-state index is 12.3. The van der Waals surface area contributed by atoms with E-state index in [-0.39, 0.29) is 25.0 Å². The molecule has 1 amide bonds. The molecular formula is C19H23NO4S. The molecule has 0 spiro atoms. The monoisotopic (exact) mass is 361 g/mol. The van der Waals surface area contributed by atoms with Crippen LogP contribution >= 0.6 is 11.3 Å². The number of carbonyl (C=O) groups excluding carboxylic acids is 2.